The Balaban J connectivity index is 1.66. The highest BCUT2D eigenvalue weighted by atomic mass is 32.1. The van der Waals surface area contributed by atoms with Crippen molar-refractivity contribution in [1.29, 1.82) is 0 Å². The van der Waals surface area contributed by atoms with Crippen LogP contribution in [0.25, 0.3) is 0 Å². The Morgan fingerprint density at radius 2 is 2.13 bits per heavy atom. The maximum Gasteiger partial charge on any atom is 0.123 e. The molecule has 1 aliphatic rings. The van der Waals surface area contributed by atoms with Crippen LogP contribution in [0.1, 0.15) is 49.0 Å². The van der Waals surface area contributed by atoms with E-state index in [0.29, 0.717) is 0 Å². The molecular weight excluding hydrogens is 308 g/mol. The van der Waals surface area contributed by atoms with Gasteiger partial charge in [0.05, 0.1) is 23.7 Å². The molecule has 0 spiro atoms. The molecule has 0 aliphatic carbocycles. The Labute approximate surface area is 141 Å². The average Bonchev–Trinajstić information content (AvgIpc) is 3.00. The lowest BCUT2D eigenvalue weighted by atomic mass is 9.93. The molecule has 1 saturated heterocycles. The van der Waals surface area contributed by atoms with Gasteiger partial charge >= 0.3 is 0 Å². The van der Waals surface area contributed by atoms with Crippen molar-refractivity contribution in [2.45, 2.75) is 45.8 Å². The van der Waals surface area contributed by atoms with Crippen LogP contribution in [0.15, 0.2) is 17.8 Å². The second kappa shape index (κ2) is 6.63. The molecule has 1 atom stereocenters. The Hall–Kier alpha value is -1.37. The minimum Gasteiger partial charge on any atom is -0.368 e. The van der Waals surface area contributed by atoms with Crippen LogP contribution in [-0.4, -0.2) is 39.5 Å². The van der Waals surface area contributed by atoms with Crippen molar-refractivity contribution in [3.63, 3.8) is 0 Å². The van der Waals surface area contributed by atoms with Gasteiger partial charge in [-0.1, -0.05) is 20.8 Å². The van der Waals surface area contributed by atoms with Crippen LogP contribution in [0.4, 0.5) is 0 Å². The van der Waals surface area contributed by atoms with Crippen molar-refractivity contribution < 1.29 is 4.74 Å². The van der Waals surface area contributed by atoms with Crippen LogP contribution < -0.4 is 0 Å². The normalized spacial score (nSPS) is 19.9. The lowest BCUT2D eigenvalue weighted by molar-refractivity contribution is -0.0334. The monoisotopic (exact) mass is 332 g/mol. The minimum atomic E-state index is 0.0586. The average molecular weight is 332 g/mol. The van der Waals surface area contributed by atoms with Gasteiger partial charge in [0.25, 0.3) is 0 Å². The van der Waals surface area contributed by atoms with Crippen molar-refractivity contribution in [2.24, 2.45) is 0 Å². The van der Waals surface area contributed by atoms with Crippen LogP contribution >= 0.6 is 11.3 Å². The number of ether oxygens (including phenoxy) is 1. The standard InChI is InChI=1S/C17H24N4OS/c1-12-7-19-13(8-18-12)9-21-5-6-22-14(10-21)16-20-15(11-23-16)17(2,3)4/h7-8,11,14H,5-6,9-10H2,1-4H3/t14-/m0/s1. The van der Waals surface area contributed by atoms with Crippen LogP contribution in [0, 0.1) is 6.92 Å². The zero-order valence-electron chi connectivity index (χ0n) is 14.2. The summed E-state index contributed by atoms with van der Waals surface area (Å²) in [5.74, 6) is 0. The van der Waals surface area contributed by atoms with Crippen molar-refractivity contribution >= 4 is 11.3 Å². The van der Waals surface area contributed by atoms with Crippen LogP contribution in [0.2, 0.25) is 0 Å². The maximum absolute atomic E-state index is 5.95. The third-order valence-corrected chi connectivity index (χ3v) is 4.87. The van der Waals surface area contributed by atoms with Crippen molar-refractivity contribution in [3.05, 3.63) is 39.9 Å². The second-order valence-corrected chi connectivity index (χ2v) is 7.95. The van der Waals surface area contributed by atoms with E-state index in [0.717, 1.165) is 48.3 Å². The number of aryl methyl sites for hydroxylation is 1. The van der Waals surface area contributed by atoms with Crippen molar-refractivity contribution in [1.82, 2.24) is 19.9 Å². The molecule has 1 fully saturated rings. The predicted octanol–water partition coefficient (Wildman–Crippen LogP) is 3.11. The number of aromatic nitrogens is 3. The zero-order chi connectivity index (χ0) is 16.4. The molecule has 2 aromatic rings. The largest absolute Gasteiger partial charge is 0.368 e. The number of hydrogen-bond acceptors (Lipinski definition) is 6. The third-order valence-electron chi connectivity index (χ3n) is 3.94. The molecule has 0 N–H and O–H groups in total. The predicted molar refractivity (Wildman–Crippen MR) is 91.6 cm³/mol. The fraction of sp³-hybridized carbons (Fsp3) is 0.588. The molecular formula is C17H24N4OS. The van der Waals surface area contributed by atoms with Crippen molar-refractivity contribution in [3.8, 4) is 0 Å². The van der Waals surface area contributed by atoms with E-state index in [-0.39, 0.29) is 11.5 Å². The van der Waals surface area contributed by atoms with E-state index in [4.69, 9.17) is 9.72 Å². The first kappa shape index (κ1) is 16.5. The molecule has 0 bridgehead atoms. The van der Waals surface area contributed by atoms with E-state index < -0.39 is 0 Å². The second-order valence-electron chi connectivity index (χ2n) is 7.06. The number of rotatable bonds is 3. The molecule has 3 rings (SSSR count). The van der Waals surface area contributed by atoms with Gasteiger partial charge in [-0.2, -0.15) is 0 Å². The summed E-state index contributed by atoms with van der Waals surface area (Å²) in [6.45, 7) is 11.8. The molecule has 0 aromatic carbocycles. The Morgan fingerprint density at radius 3 is 2.78 bits per heavy atom. The van der Waals surface area contributed by atoms with E-state index in [1.54, 1.807) is 11.3 Å². The third kappa shape index (κ3) is 4.13. The Bertz CT molecular complexity index is 647. The summed E-state index contributed by atoms with van der Waals surface area (Å²) in [5, 5.41) is 3.23. The van der Waals surface area contributed by atoms with E-state index in [1.165, 1.54) is 0 Å². The van der Waals surface area contributed by atoms with Gasteiger partial charge in [0, 0.05) is 42.8 Å². The molecule has 0 radical (unpaired) electrons. The van der Waals surface area contributed by atoms with Crippen LogP contribution in [0.5, 0.6) is 0 Å². The zero-order valence-corrected chi connectivity index (χ0v) is 15.1. The number of hydrogen-bond donors (Lipinski definition) is 0. The van der Waals surface area contributed by atoms with Gasteiger partial charge in [-0.05, 0) is 6.92 Å². The van der Waals surface area contributed by atoms with E-state index >= 15 is 0 Å². The van der Waals surface area contributed by atoms with Gasteiger partial charge in [0.2, 0.25) is 0 Å². The van der Waals surface area contributed by atoms with Gasteiger partial charge in [-0.3, -0.25) is 14.9 Å². The summed E-state index contributed by atoms with van der Waals surface area (Å²) < 4.78 is 5.95. The Morgan fingerprint density at radius 1 is 1.30 bits per heavy atom. The maximum atomic E-state index is 5.95. The first-order chi connectivity index (χ1) is 10.9. The minimum absolute atomic E-state index is 0.0586. The van der Waals surface area contributed by atoms with Gasteiger partial charge in [-0.15, -0.1) is 11.3 Å². The van der Waals surface area contributed by atoms with Gasteiger partial charge < -0.3 is 4.74 Å². The quantitative estimate of drug-likeness (QED) is 0.864. The molecule has 124 valence electrons. The highest BCUT2D eigenvalue weighted by Crippen LogP contribution is 2.30. The molecule has 6 heteroatoms. The van der Waals surface area contributed by atoms with Gasteiger partial charge in [0.15, 0.2) is 0 Å². The Kier molecular flexibility index (Phi) is 4.75. The topological polar surface area (TPSA) is 51.1 Å². The van der Waals surface area contributed by atoms with E-state index in [2.05, 4.69) is 41.0 Å². The van der Waals surface area contributed by atoms with Gasteiger partial charge in [0.1, 0.15) is 11.1 Å². The van der Waals surface area contributed by atoms with Crippen LogP contribution in [-0.2, 0) is 16.7 Å². The number of morpholine rings is 1. The molecule has 0 amide bonds. The lowest BCUT2D eigenvalue weighted by Gasteiger charge is -2.31. The van der Waals surface area contributed by atoms with E-state index in [9.17, 15) is 0 Å². The fourth-order valence-electron chi connectivity index (χ4n) is 2.51. The molecule has 5 nitrogen and oxygen atoms in total. The van der Waals surface area contributed by atoms with E-state index in [1.807, 2.05) is 19.3 Å². The molecule has 0 saturated carbocycles. The SMILES string of the molecule is Cc1cnc(CN2CCO[C@H](c3nc(C(C)(C)C)cs3)C2)cn1. The lowest BCUT2D eigenvalue weighted by Crippen LogP contribution is -2.38. The molecule has 3 heterocycles. The number of thiazole rings is 1. The smallest absolute Gasteiger partial charge is 0.123 e. The van der Waals surface area contributed by atoms with Crippen LogP contribution in [0.3, 0.4) is 0 Å². The summed E-state index contributed by atoms with van der Waals surface area (Å²) in [6, 6.07) is 0. The fourth-order valence-corrected chi connectivity index (χ4v) is 3.59. The molecule has 0 unspecified atom stereocenters. The summed E-state index contributed by atoms with van der Waals surface area (Å²) in [4.78, 5) is 15.9. The highest BCUT2D eigenvalue weighted by molar-refractivity contribution is 7.09. The number of nitrogens with zero attached hydrogens (tertiary/aromatic N) is 4. The summed E-state index contributed by atoms with van der Waals surface area (Å²) in [5.41, 5.74) is 3.18. The summed E-state index contributed by atoms with van der Waals surface area (Å²) in [7, 11) is 0. The summed E-state index contributed by atoms with van der Waals surface area (Å²) in [6.07, 6.45) is 3.74. The van der Waals surface area contributed by atoms with Crippen molar-refractivity contribution in [2.75, 3.05) is 19.7 Å². The molecule has 23 heavy (non-hydrogen) atoms. The molecule has 2 aromatic heterocycles. The summed E-state index contributed by atoms with van der Waals surface area (Å²) >= 11 is 1.70. The first-order valence-electron chi connectivity index (χ1n) is 7.99. The molecule has 1 aliphatic heterocycles. The first-order valence-corrected chi connectivity index (χ1v) is 8.87. The highest BCUT2D eigenvalue weighted by Gasteiger charge is 2.26. The van der Waals surface area contributed by atoms with Gasteiger partial charge in [-0.25, -0.2) is 4.98 Å².